The van der Waals surface area contributed by atoms with Gasteiger partial charge in [0.05, 0.1) is 0 Å². The quantitative estimate of drug-likeness (QED) is 0.423. The molecule has 13 heavy (non-hydrogen) atoms. The van der Waals surface area contributed by atoms with E-state index in [1.54, 1.807) is 0 Å². The third kappa shape index (κ3) is 6.78. The zero-order valence-corrected chi connectivity index (χ0v) is 6.75. The Labute approximate surface area is 73.6 Å². The van der Waals surface area contributed by atoms with E-state index >= 15 is 0 Å². The van der Waals surface area contributed by atoms with Gasteiger partial charge in [0.15, 0.2) is 0 Å². The highest BCUT2D eigenvalue weighted by Gasteiger charge is 2.10. The van der Waals surface area contributed by atoms with E-state index in [0.29, 0.717) is 0 Å². The summed E-state index contributed by atoms with van der Waals surface area (Å²) in [6, 6.07) is 0. The zero-order valence-electron chi connectivity index (χ0n) is 6.75. The number of nitrogens with zero attached hydrogens (tertiary/aromatic N) is 2. The van der Waals surface area contributed by atoms with E-state index in [9.17, 15) is 20.2 Å². The van der Waals surface area contributed by atoms with Crippen molar-refractivity contribution in [3.63, 3.8) is 0 Å². The molecule has 0 aromatic carbocycles. The minimum absolute atomic E-state index is 0.246. The van der Waals surface area contributed by atoms with Crippen molar-refractivity contribution in [3.8, 4) is 0 Å². The van der Waals surface area contributed by atoms with Gasteiger partial charge in [-0.3, -0.25) is 0 Å². The van der Waals surface area contributed by atoms with E-state index in [0.717, 1.165) is 0 Å². The second kappa shape index (κ2) is 5.98. The monoisotopic (exact) mass is 193 g/mol. The molecule has 8 heteroatoms. The van der Waals surface area contributed by atoms with Gasteiger partial charge < -0.3 is 9.68 Å². The van der Waals surface area contributed by atoms with Crippen molar-refractivity contribution in [1.82, 2.24) is 0 Å². The summed E-state index contributed by atoms with van der Waals surface area (Å²) in [6.07, 6.45) is 0.266. The first-order valence-electron chi connectivity index (χ1n) is 3.40. The summed E-state index contributed by atoms with van der Waals surface area (Å²) in [6.45, 7) is 2.95. The highest BCUT2D eigenvalue weighted by atomic mass is 17.0. The lowest BCUT2D eigenvalue weighted by atomic mass is 10.1. The van der Waals surface area contributed by atoms with Crippen molar-refractivity contribution in [2.75, 3.05) is 13.2 Å². The fraction of sp³-hybridized carbons (Fsp3) is 0.800. The number of hydrogen-bond donors (Lipinski definition) is 0. The fourth-order valence-electron chi connectivity index (χ4n) is 0.547. The maximum absolute atomic E-state index is 9.75. The molecule has 0 aromatic rings. The molecular weight excluding hydrogens is 184 g/mol. The smallest absolute Gasteiger partial charge is 0.294 e. The molecule has 0 bridgehead atoms. The van der Waals surface area contributed by atoms with Gasteiger partial charge in [-0.15, -0.1) is 20.2 Å². The van der Waals surface area contributed by atoms with Crippen LogP contribution in [0.3, 0.4) is 0 Å². The van der Waals surface area contributed by atoms with Crippen molar-refractivity contribution >= 4 is 0 Å². The highest BCUT2D eigenvalue weighted by molar-refractivity contribution is 4.56. The van der Waals surface area contributed by atoms with Crippen LogP contribution in [0.4, 0.5) is 0 Å². The minimum atomic E-state index is -0.963. The molecule has 0 rings (SSSR count). The lowest BCUT2D eigenvalue weighted by molar-refractivity contribution is -0.768. The molecular formula is C5H9N2O6. The molecule has 0 fully saturated rings. The maximum Gasteiger partial charge on any atom is 0.294 e. The molecule has 0 unspecified atom stereocenters. The predicted octanol–water partition coefficient (Wildman–Crippen LogP) is 0.243. The van der Waals surface area contributed by atoms with E-state index in [-0.39, 0.29) is 19.6 Å². The first-order valence-corrected chi connectivity index (χ1v) is 3.40. The van der Waals surface area contributed by atoms with Crippen LogP contribution < -0.4 is 0 Å². The van der Waals surface area contributed by atoms with Gasteiger partial charge in [-0.1, -0.05) is 6.92 Å². The largest absolute Gasteiger partial charge is 0.314 e. The fourth-order valence-corrected chi connectivity index (χ4v) is 0.547. The lowest BCUT2D eigenvalue weighted by Crippen LogP contribution is -2.19. The molecule has 0 N–H and O–H groups in total. The Balaban J connectivity index is 3.63. The maximum atomic E-state index is 9.75. The summed E-state index contributed by atoms with van der Waals surface area (Å²) >= 11 is 0. The van der Waals surface area contributed by atoms with Gasteiger partial charge in [-0.2, -0.15) is 0 Å². The molecule has 8 nitrogen and oxygen atoms in total. The van der Waals surface area contributed by atoms with Crippen LogP contribution in [0.2, 0.25) is 0 Å². The molecule has 0 amide bonds. The second-order valence-electron chi connectivity index (χ2n) is 2.19. The first kappa shape index (κ1) is 11.4. The van der Waals surface area contributed by atoms with Crippen LogP contribution in [-0.2, 0) is 9.68 Å². The van der Waals surface area contributed by atoms with Gasteiger partial charge in [0.1, 0.15) is 13.2 Å². The zero-order chi connectivity index (χ0) is 10.3. The molecule has 0 aliphatic rings. The Hall–Kier alpha value is -1.60. The van der Waals surface area contributed by atoms with Crippen molar-refractivity contribution in [3.05, 3.63) is 27.2 Å². The molecule has 0 saturated carbocycles. The Morgan fingerprint density at radius 1 is 1.15 bits per heavy atom. The van der Waals surface area contributed by atoms with E-state index in [2.05, 4.69) is 16.6 Å². The van der Waals surface area contributed by atoms with E-state index < -0.39 is 16.1 Å². The summed E-state index contributed by atoms with van der Waals surface area (Å²) in [5, 5.41) is 17.6. The molecule has 0 saturated heterocycles. The predicted molar refractivity (Wildman–Crippen MR) is 39.4 cm³/mol. The summed E-state index contributed by atoms with van der Waals surface area (Å²) in [5.74, 6) is -0.448. The van der Waals surface area contributed by atoms with Gasteiger partial charge in [-0.05, 0) is 6.42 Å². The molecule has 1 radical (unpaired) electrons. The molecule has 0 atom stereocenters. The van der Waals surface area contributed by atoms with Gasteiger partial charge in [0.2, 0.25) is 0 Å². The third-order valence-corrected chi connectivity index (χ3v) is 1.24. The SMILES string of the molecule is [CH2]CC(CO[N+](=O)[O-])CO[N+](=O)[O-]. The Bertz CT molecular complexity index is 166. The van der Waals surface area contributed by atoms with E-state index in [4.69, 9.17) is 0 Å². The standard InChI is InChI=1S/C5H9N2O6/c1-2-5(3-12-6(8)9)4-13-7(10)11/h5H,1-4H2. The van der Waals surface area contributed by atoms with E-state index in [1.165, 1.54) is 0 Å². The Morgan fingerprint density at radius 2 is 1.54 bits per heavy atom. The van der Waals surface area contributed by atoms with Crippen LogP contribution in [0.5, 0.6) is 0 Å². The van der Waals surface area contributed by atoms with Crippen molar-refractivity contribution in [2.45, 2.75) is 6.42 Å². The summed E-state index contributed by atoms with van der Waals surface area (Å²) in [5.41, 5.74) is 0. The van der Waals surface area contributed by atoms with Crippen LogP contribution in [0.1, 0.15) is 6.42 Å². The number of hydrogen-bond acceptors (Lipinski definition) is 6. The van der Waals surface area contributed by atoms with Gasteiger partial charge >= 0.3 is 0 Å². The third-order valence-electron chi connectivity index (χ3n) is 1.24. The Kier molecular flexibility index (Phi) is 5.24. The Morgan fingerprint density at radius 3 is 1.77 bits per heavy atom. The minimum Gasteiger partial charge on any atom is -0.314 e. The molecule has 75 valence electrons. The van der Waals surface area contributed by atoms with E-state index in [1.807, 2.05) is 0 Å². The summed E-state index contributed by atoms with van der Waals surface area (Å²) < 4.78 is 0. The van der Waals surface area contributed by atoms with Gasteiger partial charge in [-0.25, -0.2) is 0 Å². The highest BCUT2D eigenvalue weighted by Crippen LogP contribution is 2.03. The first-order chi connectivity index (χ1) is 6.06. The average Bonchev–Trinajstić information content (AvgIpc) is 2.04. The van der Waals surface area contributed by atoms with Gasteiger partial charge in [0, 0.05) is 5.92 Å². The van der Waals surface area contributed by atoms with Crippen LogP contribution in [-0.4, -0.2) is 23.4 Å². The molecule has 0 heterocycles. The molecule has 0 aliphatic heterocycles. The normalized spacial score (nSPS) is 9.69. The second-order valence-corrected chi connectivity index (χ2v) is 2.19. The molecule has 0 spiro atoms. The van der Waals surface area contributed by atoms with Crippen LogP contribution >= 0.6 is 0 Å². The van der Waals surface area contributed by atoms with Crippen molar-refractivity contribution < 1.29 is 19.8 Å². The van der Waals surface area contributed by atoms with Crippen LogP contribution in [0.15, 0.2) is 0 Å². The summed E-state index contributed by atoms with van der Waals surface area (Å²) in [4.78, 5) is 27.5. The average molecular weight is 193 g/mol. The van der Waals surface area contributed by atoms with Crippen molar-refractivity contribution in [1.29, 1.82) is 0 Å². The topological polar surface area (TPSA) is 105 Å². The van der Waals surface area contributed by atoms with Crippen LogP contribution in [0.25, 0.3) is 0 Å². The number of rotatable bonds is 7. The van der Waals surface area contributed by atoms with Gasteiger partial charge in [0.25, 0.3) is 10.2 Å². The van der Waals surface area contributed by atoms with Crippen molar-refractivity contribution in [2.24, 2.45) is 5.92 Å². The molecule has 0 aliphatic carbocycles. The summed E-state index contributed by atoms with van der Waals surface area (Å²) in [7, 11) is 0. The molecule has 0 aromatic heterocycles. The van der Waals surface area contributed by atoms with Crippen LogP contribution in [0, 0.1) is 33.1 Å². The lowest BCUT2D eigenvalue weighted by Gasteiger charge is -2.10.